The summed E-state index contributed by atoms with van der Waals surface area (Å²) in [5.74, 6) is 3.17. The predicted molar refractivity (Wildman–Crippen MR) is 113 cm³/mol. The SMILES string of the molecule is COC(=O)CCC(C)C1CCC2C3C(O)CC4CC(O)CC[C@]4(C)C3CC[C@]12C. The summed E-state index contributed by atoms with van der Waals surface area (Å²) in [6, 6.07) is 0. The van der Waals surface area contributed by atoms with Crippen molar-refractivity contribution in [1.82, 2.24) is 0 Å². The summed E-state index contributed by atoms with van der Waals surface area (Å²) in [5, 5.41) is 21.5. The quantitative estimate of drug-likeness (QED) is 0.671. The molecule has 4 heteroatoms. The van der Waals surface area contributed by atoms with Gasteiger partial charge in [-0.25, -0.2) is 0 Å². The minimum absolute atomic E-state index is 0.0959. The third-order valence-corrected chi connectivity index (χ3v) is 10.4. The molecular formula is C25H42O4. The van der Waals surface area contributed by atoms with Gasteiger partial charge in [0.15, 0.2) is 0 Å². The smallest absolute Gasteiger partial charge is 0.305 e. The van der Waals surface area contributed by atoms with Gasteiger partial charge in [0.1, 0.15) is 0 Å². The fourth-order valence-electron chi connectivity index (χ4n) is 8.82. The fourth-order valence-corrected chi connectivity index (χ4v) is 8.82. The van der Waals surface area contributed by atoms with E-state index in [1.807, 2.05) is 0 Å². The highest BCUT2D eigenvalue weighted by Crippen LogP contribution is 2.68. The maximum absolute atomic E-state index is 11.6. The summed E-state index contributed by atoms with van der Waals surface area (Å²) in [5.41, 5.74) is 0.577. The third-order valence-electron chi connectivity index (χ3n) is 10.4. The molecule has 4 aliphatic carbocycles. The first-order valence-electron chi connectivity index (χ1n) is 12.1. The van der Waals surface area contributed by atoms with Crippen LogP contribution in [0.4, 0.5) is 0 Å². The summed E-state index contributed by atoms with van der Waals surface area (Å²) in [7, 11) is 1.48. The van der Waals surface area contributed by atoms with Gasteiger partial charge < -0.3 is 14.9 Å². The number of hydrogen-bond acceptors (Lipinski definition) is 4. The number of ether oxygens (including phenoxy) is 1. The Morgan fingerprint density at radius 3 is 2.45 bits per heavy atom. The molecule has 4 aliphatic rings. The van der Waals surface area contributed by atoms with Gasteiger partial charge in [0.25, 0.3) is 0 Å². The summed E-state index contributed by atoms with van der Waals surface area (Å²) in [4.78, 5) is 11.6. The highest BCUT2D eigenvalue weighted by atomic mass is 16.5. The minimum atomic E-state index is -0.211. The standard InChI is InChI=1S/C25H42O4/c1-15(5-8-22(28)29-4)18-6-7-19-23-20(10-12-25(18,19)3)24(2)11-9-17(26)13-16(24)14-21(23)27/h15-21,23,26-27H,5-14H2,1-4H3/t15?,16?,17?,18?,19?,20?,21?,23?,24-,25+/m0/s1. The lowest BCUT2D eigenvalue weighted by Crippen LogP contribution is -2.58. The number of hydrogen-bond donors (Lipinski definition) is 2. The zero-order valence-corrected chi connectivity index (χ0v) is 18.9. The normalized spacial score (nSPS) is 50.2. The second-order valence-electron chi connectivity index (χ2n) is 11.5. The van der Waals surface area contributed by atoms with Gasteiger partial charge in [0.05, 0.1) is 19.3 Å². The summed E-state index contributed by atoms with van der Waals surface area (Å²) < 4.78 is 4.86. The first-order valence-corrected chi connectivity index (χ1v) is 12.1. The Kier molecular flexibility index (Phi) is 5.83. The van der Waals surface area contributed by atoms with Crippen LogP contribution in [0.25, 0.3) is 0 Å². The van der Waals surface area contributed by atoms with Gasteiger partial charge >= 0.3 is 5.97 Å². The Bertz CT molecular complexity index is 620. The average molecular weight is 407 g/mol. The van der Waals surface area contributed by atoms with E-state index >= 15 is 0 Å². The molecule has 0 bridgehead atoms. The summed E-state index contributed by atoms with van der Waals surface area (Å²) in [6.45, 7) is 7.29. The van der Waals surface area contributed by atoms with E-state index in [4.69, 9.17) is 4.74 Å². The van der Waals surface area contributed by atoms with Gasteiger partial charge in [0, 0.05) is 6.42 Å². The zero-order chi connectivity index (χ0) is 21.0. The second-order valence-corrected chi connectivity index (χ2v) is 11.5. The van der Waals surface area contributed by atoms with Gasteiger partial charge in [-0.3, -0.25) is 4.79 Å². The van der Waals surface area contributed by atoms with Crippen LogP contribution < -0.4 is 0 Å². The number of methoxy groups -OCH3 is 1. The minimum Gasteiger partial charge on any atom is -0.469 e. The van der Waals surface area contributed by atoms with Crippen LogP contribution in [0, 0.1) is 46.3 Å². The lowest BCUT2D eigenvalue weighted by atomic mass is 9.43. The van der Waals surface area contributed by atoms with Crippen LogP contribution in [-0.4, -0.2) is 35.5 Å². The van der Waals surface area contributed by atoms with E-state index in [-0.39, 0.29) is 23.6 Å². The van der Waals surface area contributed by atoms with Crippen LogP contribution in [0.3, 0.4) is 0 Å². The lowest BCUT2D eigenvalue weighted by molar-refractivity contribution is -0.174. The molecule has 0 heterocycles. The topological polar surface area (TPSA) is 66.8 Å². The Balaban J connectivity index is 1.53. The highest BCUT2D eigenvalue weighted by molar-refractivity contribution is 5.69. The Morgan fingerprint density at radius 2 is 1.72 bits per heavy atom. The molecule has 4 saturated carbocycles. The third kappa shape index (κ3) is 3.46. The molecule has 4 nitrogen and oxygen atoms in total. The van der Waals surface area contributed by atoms with E-state index in [0.29, 0.717) is 47.3 Å². The van der Waals surface area contributed by atoms with Crippen molar-refractivity contribution in [2.75, 3.05) is 7.11 Å². The van der Waals surface area contributed by atoms with Crippen molar-refractivity contribution in [3.8, 4) is 0 Å². The zero-order valence-electron chi connectivity index (χ0n) is 18.9. The average Bonchev–Trinajstić information content (AvgIpc) is 3.04. The number of aliphatic hydroxyl groups excluding tert-OH is 2. The van der Waals surface area contributed by atoms with Gasteiger partial charge in [-0.05, 0) is 104 Å². The molecule has 2 N–H and O–H groups in total. The van der Waals surface area contributed by atoms with E-state index < -0.39 is 0 Å². The number of carbonyl (C=O) groups excluding carboxylic acids is 1. The second kappa shape index (κ2) is 7.82. The molecule has 0 aromatic heterocycles. The van der Waals surface area contributed by atoms with E-state index in [9.17, 15) is 15.0 Å². The number of aliphatic hydroxyl groups is 2. The molecule has 4 rings (SSSR count). The summed E-state index contributed by atoms with van der Waals surface area (Å²) in [6.07, 6.45) is 9.80. The Labute approximate surface area is 176 Å². The Hall–Kier alpha value is -0.610. The van der Waals surface area contributed by atoms with Crippen molar-refractivity contribution in [3.63, 3.8) is 0 Å². The molecule has 0 aromatic rings. The monoisotopic (exact) mass is 406 g/mol. The van der Waals surface area contributed by atoms with Gasteiger partial charge in [-0.1, -0.05) is 20.8 Å². The molecule has 4 fully saturated rings. The van der Waals surface area contributed by atoms with Gasteiger partial charge in [0.2, 0.25) is 0 Å². The van der Waals surface area contributed by atoms with Crippen molar-refractivity contribution >= 4 is 5.97 Å². The lowest BCUT2D eigenvalue weighted by Gasteiger charge is -2.62. The molecule has 0 aromatic carbocycles. The summed E-state index contributed by atoms with van der Waals surface area (Å²) >= 11 is 0. The fraction of sp³-hybridized carbons (Fsp3) is 0.960. The van der Waals surface area contributed by atoms with Crippen LogP contribution in [0.5, 0.6) is 0 Å². The number of rotatable bonds is 4. The molecule has 0 radical (unpaired) electrons. The largest absolute Gasteiger partial charge is 0.469 e. The van der Waals surface area contributed by atoms with E-state index in [0.717, 1.165) is 32.1 Å². The highest BCUT2D eigenvalue weighted by Gasteiger charge is 2.62. The molecule has 29 heavy (non-hydrogen) atoms. The van der Waals surface area contributed by atoms with Crippen LogP contribution in [0.1, 0.15) is 85.0 Å². The van der Waals surface area contributed by atoms with Crippen LogP contribution >= 0.6 is 0 Å². The first kappa shape index (κ1) is 21.6. The molecule has 0 spiro atoms. The van der Waals surface area contributed by atoms with Crippen molar-refractivity contribution in [2.45, 2.75) is 97.2 Å². The molecule has 166 valence electrons. The predicted octanol–water partition coefficient (Wildman–Crippen LogP) is 4.57. The van der Waals surface area contributed by atoms with Crippen LogP contribution in [0.15, 0.2) is 0 Å². The maximum Gasteiger partial charge on any atom is 0.305 e. The molecule has 0 amide bonds. The molecule has 10 atom stereocenters. The Morgan fingerprint density at radius 1 is 1.03 bits per heavy atom. The number of esters is 1. The van der Waals surface area contributed by atoms with E-state index in [2.05, 4.69) is 20.8 Å². The van der Waals surface area contributed by atoms with Crippen molar-refractivity contribution < 1.29 is 19.7 Å². The molecular weight excluding hydrogens is 364 g/mol. The maximum atomic E-state index is 11.6. The van der Waals surface area contributed by atoms with Crippen LogP contribution in [-0.2, 0) is 9.53 Å². The first-order chi connectivity index (χ1) is 13.7. The number of fused-ring (bicyclic) bond motifs is 5. The van der Waals surface area contributed by atoms with Gasteiger partial charge in [-0.15, -0.1) is 0 Å². The van der Waals surface area contributed by atoms with Gasteiger partial charge in [-0.2, -0.15) is 0 Å². The van der Waals surface area contributed by atoms with E-state index in [1.54, 1.807) is 0 Å². The van der Waals surface area contributed by atoms with Crippen molar-refractivity contribution in [3.05, 3.63) is 0 Å². The number of carbonyl (C=O) groups is 1. The van der Waals surface area contributed by atoms with E-state index in [1.165, 1.54) is 32.8 Å². The van der Waals surface area contributed by atoms with Crippen molar-refractivity contribution in [2.24, 2.45) is 46.3 Å². The van der Waals surface area contributed by atoms with Crippen LogP contribution in [0.2, 0.25) is 0 Å². The molecule has 8 unspecified atom stereocenters. The van der Waals surface area contributed by atoms with Crippen molar-refractivity contribution in [1.29, 1.82) is 0 Å². The molecule has 0 aliphatic heterocycles. The molecule has 0 saturated heterocycles.